The average molecular weight is 348 g/mol. The number of methoxy groups -OCH3 is 2. The van der Waals surface area contributed by atoms with E-state index in [0.29, 0.717) is 18.5 Å². The van der Waals surface area contributed by atoms with E-state index >= 15 is 0 Å². The quantitative estimate of drug-likeness (QED) is 0.677. The van der Waals surface area contributed by atoms with Crippen LogP contribution in [0.25, 0.3) is 0 Å². The van der Waals surface area contributed by atoms with Crippen molar-refractivity contribution in [3.8, 4) is 5.75 Å². The molecule has 2 rings (SSSR count). The lowest BCUT2D eigenvalue weighted by Crippen LogP contribution is -2.58. The van der Waals surface area contributed by atoms with Crippen molar-refractivity contribution >= 4 is 5.91 Å². The highest BCUT2D eigenvalue weighted by Crippen LogP contribution is 2.18. The van der Waals surface area contributed by atoms with Gasteiger partial charge in [0, 0.05) is 51.9 Å². The van der Waals surface area contributed by atoms with Crippen molar-refractivity contribution in [1.82, 2.24) is 9.80 Å². The van der Waals surface area contributed by atoms with Gasteiger partial charge in [0.2, 0.25) is 5.91 Å². The summed E-state index contributed by atoms with van der Waals surface area (Å²) in [5, 5.41) is 0. The van der Waals surface area contributed by atoms with Crippen LogP contribution in [0.2, 0.25) is 0 Å². The molecule has 1 fully saturated rings. The number of nitrogens with zero attached hydrogens (tertiary/aromatic N) is 2. The molecule has 2 unspecified atom stereocenters. The summed E-state index contributed by atoms with van der Waals surface area (Å²) < 4.78 is 10.3. The molecule has 1 amide bonds. The van der Waals surface area contributed by atoms with E-state index in [1.807, 2.05) is 29.2 Å². The molecule has 1 aromatic rings. The minimum absolute atomic E-state index is 0.256. The number of hydrogen-bond acceptors (Lipinski definition) is 4. The summed E-state index contributed by atoms with van der Waals surface area (Å²) in [6.07, 6.45) is 2.38. The van der Waals surface area contributed by atoms with Crippen LogP contribution < -0.4 is 4.74 Å². The summed E-state index contributed by atoms with van der Waals surface area (Å²) >= 11 is 0. The first kappa shape index (κ1) is 19.7. The van der Waals surface area contributed by atoms with E-state index in [1.54, 1.807) is 14.2 Å². The molecule has 1 aliphatic heterocycles. The number of carbonyl (C=O) groups is 1. The Morgan fingerprint density at radius 1 is 1.12 bits per heavy atom. The first-order valence-corrected chi connectivity index (χ1v) is 9.20. The fourth-order valence-corrected chi connectivity index (χ4v) is 3.59. The fraction of sp³-hybridized carbons (Fsp3) is 0.650. The van der Waals surface area contributed by atoms with Gasteiger partial charge in [0.15, 0.2) is 0 Å². The van der Waals surface area contributed by atoms with Gasteiger partial charge < -0.3 is 14.4 Å². The molecule has 0 spiro atoms. The molecule has 1 saturated heterocycles. The zero-order valence-corrected chi connectivity index (χ0v) is 16.0. The number of hydrogen-bond donors (Lipinski definition) is 0. The van der Waals surface area contributed by atoms with Crippen LogP contribution in [-0.2, 0) is 16.0 Å². The number of piperazine rings is 1. The maximum atomic E-state index is 12.6. The monoisotopic (exact) mass is 348 g/mol. The zero-order chi connectivity index (χ0) is 18.2. The lowest BCUT2D eigenvalue weighted by Gasteiger charge is -2.44. The van der Waals surface area contributed by atoms with Gasteiger partial charge >= 0.3 is 0 Å². The average Bonchev–Trinajstić information content (AvgIpc) is 2.62. The van der Waals surface area contributed by atoms with Crippen molar-refractivity contribution in [3.05, 3.63) is 29.8 Å². The number of carbonyl (C=O) groups excluding carboxylic acids is 1. The summed E-state index contributed by atoms with van der Waals surface area (Å²) in [7, 11) is 3.40. The number of aryl methyl sites for hydroxylation is 1. The summed E-state index contributed by atoms with van der Waals surface area (Å²) in [4.78, 5) is 17.1. The second-order valence-electron chi connectivity index (χ2n) is 6.93. The lowest BCUT2D eigenvalue weighted by molar-refractivity contribution is -0.135. The van der Waals surface area contributed by atoms with Gasteiger partial charge in [0.05, 0.1) is 7.11 Å². The van der Waals surface area contributed by atoms with Crippen molar-refractivity contribution in [1.29, 1.82) is 0 Å². The third kappa shape index (κ3) is 5.72. The molecule has 0 N–H and O–H groups in total. The lowest BCUT2D eigenvalue weighted by atomic mass is 10.1. The number of benzene rings is 1. The Kier molecular flexibility index (Phi) is 7.72. The van der Waals surface area contributed by atoms with Gasteiger partial charge in [-0.15, -0.1) is 0 Å². The smallest absolute Gasteiger partial charge is 0.223 e. The Balaban J connectivity index is 1.81. The van der Waals surface area contributed by atoms with E-state index in [4.69, 9.17) is 9.47 Å². The highest BCUT2D eigenvalue weighted by atomic mass is 16.5. The molecule has 5 nitrogen and oxygen atoms in total. The van der Waals surface area contributed by atoms with Crippen LogP contribution >= 0.6 is 0 Å². The number of rotatable bonds is 8. The van der Waals surface area contributed by atoms with Crippen LogP contribution in [0.5, 0.6) is 5.75 Å². The van der Waals surface area contributed by atoms with E-state index in [-0.39, 0.29) is 5.91 Å². The fourth-order valence-electron chi connectivity index (χ4n) is 3.59. The van der Waals surface area contributed by atoms with Crippen LogP contribution in [0.4, 0.5) is 0 Å². The molecular formula is C20H32N2O3. The number of amides is 1. The molecule has 0 saturated carbocycles. The summed E-state index contributed by atoms with van der Waals surface area (Å²) in [6, 6.07) is 8.75. The van der Waals surface area contributed by atoms with Crippen LogP contribution in [0.1, 0.15) is 32.3 Å². The van der Waals surface area contributed by atoms with Crippen molar-refractivity contribution in [3.63, 3.8) is 0 Å². The third-order valence-electron chi connectivity index (χ3n) is 5.01. The topological polar surface area (TPSA) is 42.0 Å². The van der Waals surface area contributed by atoms with E-state index < -0.39 is 0 Å². The minimum atomic E-state index is 0.256. The SMILES string of the molecule is COCCCN1C(C)CN(C(=O)CCc2ccc(OC)cc2)CC1C. The maximum absolute atomic E-state index is 12.6. The summed E-state index contributed by atoms with van der Waals surface area (Å²) in [5.41, 5.74) is 1.17. The summed E-state index contributed by atoms with van der Waals surface area (Å²) in [6.45, 7) is 7.89. The van der Waals surface area contributed by atoms with Crippen LogP contribution in [-0.4, -0.2) is 68.3 Å². The van der Waals surface area contributed by atoms with Gasteiger partial charge in [-0.05, 0) is 44.4 Å². The Labute approximate surface area is 151 Å². The van der Waals surface area contributed by atoms with E-state index in [9.17, 15) is 4.79 Å². The minimum Gasteiger partial charge on any atom is -0.497 e. The standard InChI is InChI=1S/C20H32N2O3/c1-16-14-21(15-17(2)22(16)12-5-13-24-3)20(23)11-8-18-6-9-19(25-4)10-7-18/h6-7,9-10,16-17H,5,8,11-15H2,1-4H3. The van der Waals surface area contributed by atoms with Crippen LogP contribution in [0.3, 0.4) is 0 Å². The molecule has 0 aromatic heterocycles. The molecule has 2 atom stereocenters. The highest BCUT2D eigenvalue weighted by Gasteiger charge is 2.30. The molecule has 1 aromatic carbocycles. The van der Waals surface area contributed by atoms with Crippen molar-refractivity contribution < 1.29 is 14.3 Å². The van der Waals surface area contributed by atoms with Crippen LogP contribution in [0, 0.1) is 0 Å². The second-order valence-corrected chi connectivity index (χ2v) is 6.93. The van der Waals surface area contributed by atoms with Gasteiger partial charge in [-0.3, -0.25) is 9.69 Å². The largest absolute Gasteiger partial charge is 0.497 e. The Hall–Kier alpha value is -1.59. The van der Waals surface area contributed by atoms with Gasteiger partial charge in [0.1, 0.15) is 5.75 Å². The third-order valence-corrected chi connectivity index (χ3v) is 5.01. The predicted octanol–water partition coefficient (Wildman–Crippen LogP) is 2.59. The molecule has 1 heterocycles. The maximum Gasteiger partial charge on any atom is 0.223 e. The molecule has 0 bridgehead atoms. The van der Waals surface area contributed by atoms with Gasteiger partial charge in [-0.1, -0.05) is 12.1 Å². The Morgan fingerprint density at radius 2 is 1.76 bits per heavy atom. The predicted molar refractivity (Wildman–Crippen MR) is 100 cm³/mol. The van der Waals surface area contributed by atoms with Crippen LogP contribution in [0.15, 0.2) is 24.3 Å². The van der Waals surface area contributed by atoms with E-state index in [1.165, 1.54) is 5.56 Å². The van der Waals surface area contributed by atoms with Crippen molar-refractivity contribution in [2.45, 2.75) is 45.2 Å². The van der Waals surface area contributed by atoms with Gasteiger partial charge in [0.25, 0.3) is 0 Å². The zero-order valence-electron chi connectivity index (χ0n) is 16.0. The Morgan fingerprint density at radius 3 is 2.32 bits per heavy atom. The molecule has 5 heteroatoms. The molecular weight excluding hydrogens is 316 g/mol. The first-order chi connectivity index (χ1) is 12.0. The molecule has 0 aliphatic carbocycles. The second kappa shape index (κ2) is 9.78. The van der Waals surface area contributed by atoms with Crippen molar-refractivity contribution in [2.75, 3.05) is 40.5 Å². The molecule has 1 aliphatic rings. The van der Waals surface area contributed by atoms with Gasteiger partial charge in [-0.2, -0.15) is 0 Å². The first-order valence-electron chi connectivity index (χ1n) is 9.20. The highest BCUT2D eigenvalue weighted by molar-refractivity contribution is 5.76. The van der Waals surface area contributed by atoms with E-state index in [2.05, 4.69) is 18.7 Å². The molecule has 0 radical (unpaired) electrons. The van der Waals surface area contributed by atoms with E-state index in [0.717, 1.165) is 44.8 Å². The Bertz CT molecular complexity index is 520. The normalized spacial score (nSPS) is 21.4. The molecule has 25 heavy (non-hydrogen) atoms. The number of ether oxygens (including phenoxy) is 2. The van der Waals surface area contributed by atoms with Crippen molar-refractivity contribution in [2.24, 2.45) is 0 Å². The van der Waals surface area contributed by atoms with Gasteiger partial charge in [-0.25, -0.2) is 0 Å². The molecule has 140 valence electrons. The summed E-state index contributed by atoms with van der Waals surface area (Å²) in [5.74, 6) is 1.10.